The van der Waals surface area contributed by atoms with Crippen molar-refractivity contribution in [3.05, 3.63) is 65.0 Å². The number of hydrogen-bond acceptors (Lipinski definition) is 3. The number of alkyl halides is 3. The topological polar surface area (TPSA) is 52.6 Å². The lowest BCUT2D eigenvalue weighted by Crippen LogP contribution is -2.48. The first-order chi connectivity index (χ1) is 15.3. The lowest BCUT2D eigenvalue weighted by molar-refractivity contribution is -0.137. The number of piperidine rings is 1. The third-order valence-electron chi connectivity index (χ3n) is 5.58. The Kier molecular flexibility index (Phi) is 8.50. The zero-order valence-electron chi connectivity index (χ0n) is 18.8. The highest BCUT2D eigenvalue weighted by Gasteiger charge is 2.30. The van der Waals surface area contributed by atoms with Crippen LogP contribution in [0.1, 0.15) is 42.1 Å². The van der Waals surface area contributed by atoms with Crippen LogP contribution in [-0.2, 0) is 19.1 Å². The molecule has 0 unspecified atom stereocenters. The average Bonchev–Trinajstić information content (AvgIpc) is 2.76. The summed E-state index contributed by atoms with van der Waals surface area (Å²) in [6.45, 7) is 7.68. The largest absolute Gasteiger partial charge is 0.416 e. The van der Waals surface area contributed by atoms with Crippen molar-refractivity contribution in [3.63, 3.8) is 0 Å². The van der Waals surface area contributed by atoms with Crippen molar-refractivity contribution in [2.45, 2.75) is 51.9 Å². The summed E-state index contributed by atoms with van der Waals surface area (Å²) in [4.78, 5) is 11.2. The quantitative estimate of drug-likeness (QED) is 0.494. The van der Waals surface area contributed by atoms with E-state index >= 15 is 0 Å². The normalized spacial score (nSPS) is 16.2. The van der Waals surface area contributed by atoms with E-state index in [9.17, 15) is 13.2 Å². The van der Waals surface area contributed by atoms with Gasteiger partial charge in [-0.15, -0.1) is 0 Å². The van der Waals surface area contributed by atoms with Gasteiger partial charge in [-0.3, -0.25) is 14.9 Å². The fourth-order valence-corrected chi connectivity index (χ4v) is 3.80. The molecule has 0 bridgehead atoms. The third kappa shape index (κ3) is 7.51. The van der Waals surface area contributed by atoms with Crippen LogP contribution in [0.3, 0.4) is 0 Å². The van der Waals surface area contributed by atoms with E-state index in [1.54, 1.807) is 6.07 Å². The van der Waals surface area contributed by atoms with Gasteiger partial charge in [0.15, 0.2) is 5.96 Å². The molecule has 1 aliphatic rings. The summed E-state index contributed by atoms with van der Waals surface area (Å²) in [6, 6.07) is 10.0. The van der Waals surface area contributed by atoms with Crippen LogP contribution in [0.15, 0.2) is 47.6 Å². The zero-order valence-corrected chi connectivity index (χ0v) is 18.8. The molecule has 3 rings (SSSR count). The van der Waals surface area contributed by atoms with E-state index < -0.39 is 11.7 Å². The molecule has 1 aromatic carbocycles. The molecular formula is C24H32F3N5. The number of halogens is 3. The molecule has 0 atom stereocenters. The van der Waals surface area contributed by atoms with E-state index in [0.29, 0.717) is 24.7 Å². The van der Waals surface area contributed by atoms with E-state index in [-0.39, 0.29) is 0 Å². The number of nitrogens with one attached hydrogen (secondary N) is 2. The fourth-order valence-electron chi connectivity index (χ4n) is 3.80. The van der Waals surface area contributed by atoms with Crippen molar-refractivity contribution >= 4 is 5.96 Å². The number of nitrogens with zero attached hydrogens (tertiary/aromatic N) is 3. The van der Waals surface area contributed by atoms with Gasteiger partial charge in [0.25, 0.3) is 0 Å². The molecular weight excluding hydrogens is 415 g/mol. The van der Waals surface area contributed by atoms with Gasteiger partial charge in [0.2, 0.25) is 0 Å². The van der Waals surface area contributed by atoms with Crippen LogP contribution in [0.5, 0.6) is 0 Å². The molecule has 1 fully saturated rings. The SMILES string of the molecule is CCNC(=NCCc1ccc(C)nc1)NC1CCN(Cc2cccc(C(F)(F)F)c2)CC1. The van der Waals surface area contributed by atoms with Gasteiger partial charge >= 0.3 is 6.18 Å². The fraction of sp³-hybridized carbons (Fsp3) is 0.500. The zero-order chi connectivity index (χ0) is 23.0. The number of rotatable bonds is 7. The van der Waals surface area contributed by atoms with Gasteiger partial charge in [0.05, 0.1) is 5.56 Å². The first kappa shape index (κ1) is 24.0. The minimum absolute atomic E-state index is 0.298. The second-order valence-electron chi connectivity index (χ2n) is 8.21. The molecule has 8 heteroatoms. The van der Waals surface area contributed by atoms with Crippen molar-refractivity contribution in [1.29, 1.82) is 0 Å². The Balaban J connectivity index is 1.47. The maximum absolute atomic E-state index is 12.9. The molecule has 0 spiro atoms. The number of aryl methyl sites for hydroxylation is 1. The molecule has 5 nitrogen and oxygen atoms in total. The monoisotopic (exact) mass is 447 g/mol. The molecule has 1 saturated heterocycles. The number of aliphatic imine (C=N–C) groups is 1. The highest BCUT2D eigenvalue weighted by molar-refractivity contribution is 5.80. The summed E-state index contributed by atoms with van der Waals surface area (Å²) < 4.78 is 38.8. The molecule has 2 N–H and O–H groups in total. The summed E-state index contributed by atoms with van der Waals surface area (Å²) >= 11 is 0. The van der Waals surface area contributed by atoms with E-state index in [1.165, 1.54) is 12.1 Å². The molecule has 2 aromatic rings. The van der Waals surface area contributed by atoms with Crippen molar-refractivity contribution in [1.82, 2.24) is 20.5 Å². The average molecular weight is 448 g/mol. The van der Waals surface area contributed by atoms with Crippen LogP contribution in [0.25, 0.3) is 0 Å². The summed E-state index contributed by atoms with van der Waals surface area (Å²) in [5, 5.41) is 6.81. The van der Waals surface area contributed by atoms with Gasteiger partial charge in [-0.25, -0.2) is 0 Å². The molecule has 32 heavy (non-hydrogen) atoms. The van der Waals surface area contributed by atoms with Crippen LogP contribution in [0.4, 0.5) is 13.2 Å². The van der Waals surface area contributed by atoms with E-state index in [2.05, 4.69) is 26.6 Å². The summed E-state index contributed by atoms with van der Waals surface area (Å²) in [7, 11) is 0. The number of hydrogen-bond donors (Lipinski definition) is 2. The maximum Gasteiger partial charge on any atom is 0.416 e. The molecule has 1 aliphatic heterocycles. The van der Waals surface area contributed by atoms with Crippen molar-refractivity contribution in [3.8, 4) is 0 Å². The summed E-state index contributed by atoms with van der Waals surface area (Å²) in [5.41, 5.74) is 2.29. The van der Waals surface area contributed by atoms with Crippen LogP contribution < -0.4 is 10.6 Å². The lowest BCUT2D eigenvalue weighted by atomic mass is 10.0. The van der Waals surface area contributed by atoms with Gasteiger partial charge in [0.1, 0.15) is 0 Å². The first-order valence-electron chi connectivity index (χ1n) is 11.2. The Morgan fingerprint density at radius 2 is 1.94 bits per heavy atom. The number of aromatic nitrogens is 1. The van der Waals surface area contributed by atoms with Crippen LogP contribution in [0.2, 0.25) is 0 Å². The summed E-state index contributed by atoms with van der Waals surface area (Å²) in [5.74, 6) is 0.809. The predicted molar refractivity (Wildman–Crippen MR) is 122 cm³/mol. The summed E-state index contributed by atoms with van der Waals surface area (Å²) in [6.07, 6.45) is 0.270. The van der Waals surface area contributed by atoms with Crippen molar-refractivity contribution < 1.29 is 13.2 Å². The Labute approximate surface area is 188 Å². The lowest BCUT2D eigenvalue weighted by Gasteiger charge is -2.33. The minimum Gasteiger partial charge on any atom is -0.357 e. The standard InChI is InChI=1S/C24H32F3N5/c1-3-28-23(29-12-9-19-8-7-18(2)30-16-19)31-22-10-13-32(14-11-22)17-20-5-4-6-21(15-20)24(25,26)27/h4-8,15-16,22H,3,9-14,17H2,1-2H3,(H2,28,29,31). The predicted octanol–water partition coefficient (Wildman–Crippen LogP) is 4.17. The molecule has 0 amide bonds. The number of benzene rings is 1. The molecule has 0 aliphatic carbocycles. The highest BCUT2D eigenvalue weighted by Crippen LogP contribution is 2.30. The number of guanidine groups is 1. The van der Waals surface area contributed by atoms with Crippen LogP contribution in [0, 0.1) is 6.92 Å². The van der Waals surface area contributed by atoms with Crippen LogP contribution in [-0.4, -0.2) is 48.1 Å². The van der Waals surface area contributed by atoms with Crippen molar-refractivity contribution in [2.24, 2.45) is 4.99 Å². The van der Waals surface area contributed by atoms with Gasteiger partial charge in [0, 0.05) is 50.7 Å². The highest BCUT2D eigenvalue weighted by atomic mass is 19.4. The third-order valence-corrected chi connectivity index (χ3v) is 5.58. The Morgan fingerprint density at radius 1 is 1.16 bits per heavy atom. The first-order valence-corrected chi connectivity index (χ1v) is 11.2. The second-order valence-corrected chi connectivity index (χ2v) is 8.21. The number of likely N-dealkylation sites (tertiary alicyclic amines) is 1. The second kappa shape index (κ2) is 11.3. The Morgan fingerprint density at radius 3 is 2.59 bits per heavy atom. The maximum atomic E-state index is 12.9. The minimum atomic E-state index is -4.30. The van der Waals surface area contributed by atoms with E-state index in [1.807, 2.05) is 26.1 Å². The van der Waals surface area contributed by atoms with E-state index in [4.69, 9.17) is 4.99 Å². The van der Waals surface area contributed by atoms with Gasteiger partial charge in [-0.2, -0.15) is 13.2 Å². The number of pyridine rings is 1. The van der Waals surface area contributed by atoms with Crippen LogP contribution >= 0.6 is 0 Å². The molecule has 0 saturated carbocycles. The van der Waals surface area contributed by atoms with E-state index in [0.717, 1.165) is 62.2 Å². The smallest absolute Gasteiger partial charge is 0.357 e. The van der Waals surface area contributed by atoms with Crippen molar-refractivity contribution in [2.75, 3.05) is 26.2 Å². The van der Waals surface area contributed by atoms with Gasteiger partial charge in [-0.1, -0.05) is 24.3 Å². The Bertz CT molecular complexity index is 872. The van der Waals surface area contributed by atoms with Gasteiger partial charge < -0.3 is 10.6 Å². The Hall–Kier alpha value is -2.61. The molecule has 2 heterocycles. The molecule has 0 radical (unpaired) electrons. The molecule has 174 valence electrons. The molecule has 1 aromatic heterocycles. The van der Waals surface area contributed by atoms with Gasteiger partial charge in [-0.05, 0) is 56.4 Å².